The summed E-state index contributed by atoms with van der Waals surface area (Å²) in [4.78, 5) is 36.0. The number of nitro groups is 1. The van der Waals surface area contributed by atoms with Gasteiger partial charge in [0.25, 0.3) is 5.69 Å². The Morgan fingerprint density at radius 3 is 2.57 bits per heavy atom. The second-order valence-corrected chi connectivity index (χ2v) is 5.46. The minimum atomic E-state index is -0.741. The number of nitrogens with zero attached hydrogens (tertiary/aromatic N) is 2. The van der Waals surface area contributed by atoms with Crippen LogP contribution in [0.3, 0.4) is 0 Å². The predicted octanol–water partition coefficient (Wildman–Crippen LogP) is 0.988. The molecule has 7 heteroatoms. The molecule has 1 N–H and O–H groups in total. The fourth-order valence-corrected chi connectivity index (χ4v) is 2.25. The van der Waals surface area contributed by atoms with Gasteiger partial charge < -0.3 is 5.32 Å². The SMILES string of the molecule is CC1(C)C(=O)NCCN1CC(=O)c1ccc([N+](=O)[O-])cc1. The zero-order chi connectivity index (χ0) is 15.6. The second kappa shape index (κ2) is 5.61. The number of ketones is 1. The number of amides is 1. The highest BCUT2D eigenvalue weighted by Crippen LogP contribution is 2.19. The summed E-state index contributed by atoms with van der Waals surface area (Å²) in [5, 5.41) is 13.4. The molecular weight excluding hydrogens is 274 g/mol. The van der Waals surface area contributed by atoms with Gasteiger partial charge in [-0.3, -0.25) is 24.6 Å². The van der Waals surface area contributed by atoms with E-state index in [2.05, 4.69) is 5.32 Å². The van der Waals surface area contributed by atoms with Crippen LogP contribution in [-0.4, -0.2) is 46.7 Å². The summed E-state index contributed by atoms with van der Waals surface area (Å²) in [6.45, 7) is 4.75. The minimum absolute atomic E-state index is 0.0516. The van der Waals surface area contributed by atoms with Gasteiger partial charge in [0.05, 0.1) is 17.0 Å². The molecule has 1 aliphatic heterocycles. The Hall–Kier alpha value is -2.28. The van der Waals surface area contributed by atoms with Crippen molar-refractivity contribution < 1.29 is 14.5 Å². The first-order chi connectivity index (χ1) is 9.82. The molecule has 1 aromatic rings. The van der Waals surface area contributed by atoms with E-state index in [1.807, 2.05) is 4.90 Å². The van der Waals surface area contributed by atoms with Crippen LogP contribution in [-0.2, 0) is 4.79 Å². The Kier molecular flexibility index (Phi) is 4.04. The van der Waals surface area contributed by atoms with Gasteiger partial charge in [0, 0.05) is 30.8 Å². The van der Waals surface area contributed by atoms with Crippen LogP contribution < -0.4 is 5.32 Å². The van der Waals surface area contributed by atoms with Crippen LogP contribution in [0.15, 0.2) is 24.3 Å². The molecule has 0 radical (unpaired) electrons. The maximum absolute atomic E-state index is 12.2. The quantitative estimate of drug-likeness (QED) is 0.507. The summed E-state index contributed by atoms with van der Waals surface area (Å²) in [5.74, 6) is -0.266. The smallest absolute Gasteiger partial charge is 0.269 e. The van der Waals surface area contributed by atoms with Gasteiger partial charge in [-0.15, -0.1) is 0 Å². The van der Waals surface area contributed by atoms with Crippen molar-refractivity contribution in [2.75, 3.05) is 19.6 Å². The maximum Gasteiger partial charge on any atom is 0.269 e. The first kappa shape index (κ1) is 15.1. The van der Waals surface area contributed by atoms with E-state index in [1.54, 1.807) is 13.8 Å². The lowest BCUT2D eigenvalue weighted by Crippen LogP contribution is -2.62. The maximum atomic E-state index is 12.2. The summed E-state index contributed by atoms with van der Waals surface area (Å²) in [7, 11) is 0. The molecule has 0 aromatic heterocycles. The van der Waals surface area contributed by atoms with Crippen molar-refractivity contribution in [1.82, 2.24) is 10.2 Å². The van der Waals surface area contributed by atoms with E-state index in [0.717, 1.165) is 0 Å². The summed E-state index contributed by atoms with van der Waals surface area (Å²) in [6.07, 6.45) is 0. The molecule has 1 saturated heterocycles. The molecule has 0 atom stereocenters. The number of nitrogens with one attached hydrogen (secondary N) is 1. The van der Waals surface area contributed by atoms with Gasteiger partial charge in [0.15, 0.2) is 5.78 Å². The van der Waals surface area contributed by atoms with Crippen LogP contribution in [0, 0.1) is 10.1 Å². The summed E-state index contributed by atoms with van der Waals surface area (Å²) >= 11 is 0. The fourth-order valence-electron chi connectivity index (χ4n) is 2.25. The molecule has 0 bridgehead atoms. The van der Waals surface area contributed by atoms with Gasteiger partial charge >= 0.3 is 0 Å². The molecule has 1 aliphatic rings. The molecule has 0 spiro atoms. The molecule has 2 rings (SSSR count). The third-order valence-electron chi connectivity index (χ3n) is 3.75. The van der Waals surface area contributed by atoms with E-state index >= 15 is 0 Å². The van der Waals surface area contributed by atoms with E-state index < -0.39 is 10.5 Å². The molecule has 0 unspecified atom stereocenters. The number of carbonyl (C=O) groups excluding carboxylic acids is 2. The first-order valence-corrected chi connectivity index (χ1v) is 6.63. The van der Waals surface area contributed by atoms with Gasteiger partial charge in [-0.2, -0.15) is 0 Å². The van der Waals surface area contributed by atoms with Gasteiger partial charge in [0.1, 0.15) is 0 Å². The summed E-state index contributed by atoms with van der Waals surface area (Å²) < 4.78 is 0. The zero-order valence-corrected chi connectivity index (χ0v) is 12.0. The lowest BCUT2D eigenvalue weighted by atomic mass is 9.97. The molecule has 1 heterocycles. The molecule has 1 aromatic carbocycles. The van der Waals surface area contributed by atoms with Crippen molar-refractivity contribution in [1.29, 1.82) is 0 Å². The fraction of sp³-hybridized carbons (Fsp3) is 0.429. The van der Waals surface area contributed by atoms with E-state index in [1.165, 1.54) is 24.3 Å². The van der Waals surface area contributed by atoms with E-state index in [4.69, 9.17) is 0 Å². The number of non-ortho nitro benzene ring substituents is 1. The molecule has 0 saturated carbocycles. The molecule has 21 heavy (non-hydrogen) atoms. The van der Waals surface area contributed by atoms with Gasteiger partial charge in [0.2, 0.25) is 5.91 Å². The number of benzene rings is 1. The number of hydrogen-bond donors (Lipinski definition) is 1. The molecule has 112 valence electrons. The standard InChI is InChI=1S/C14H17N3O4/c1-14(2)13(19)15-7-8-16(14)9-12(18)10-3-5-11(6-4-10)17(20)21/h3-6H,7-9H2,1-2H3,(H,15,19). The second-order valence-electron chi connectivity index (χ2n) is 5.46. The van der Waals surface area contributed by atoms with Crippen LogP contribution >= 0.6 is 0 Å². The molecular formula is C14H17N3O4. The molecule has 0 aliphatic carbocycles. The predicted molar refractivity (Wildman–Crippen MR) is 76.1 cm³/mol. The lowest BCUT2D eigenvalue weighted by molar-refractivity contribution is -0.384. The number of piperazine rings is 1. The minimum Gasteiger partial charge on any atom is -0.353 e. The Balaban J connectivity index is 2.10. The van der Waals surface area contributed by atoms with E-state index in [9.17, 15) is 19.7 Å². The molecule has 7 nitrogen and oxygen atoms in total. The summed E-state index contributed by atoms with van der Waals surface area (Å²) in [6, 6.07) is 5.50. The van der Waals surface area contributed by atoms with Crippen LogP contribution in [0.1, 0.15) is 24.2 Å². The highest BCUT2D eigenvalue weighted by atomic mass is 16.6. The number of nitro benzene ring substituents is 1. The monoisotopic (exact) mass is 291 g/mol. The van der Waals surface area contributed by atoms with Crippen molar-refractivity contribution >= 4 is 17.4 Å². The summed E-state index contributed by atoms with van der Waals surface area (Å²) in [5.41, 5.74) is -0.388. The Bertz CT molecular complexity index is 580. The van der Waals surface area contributed by atoms with Gasteiger partial charge in [-0.25, -0.2) is 0 Å². The molecule has 1 amide bonds. The van der Waals surface area contributed by atoms with Gasteiger partial charge in [-0.05, 0) is 26.0 Å². The Morgan fingerprint density at radius 2 is 2.00 bits per heavy atom. The number of Topliss-reactive ketones (excluding diaryl/α,β-unsaturated/α-hetero) is 1. The third kappa shape index (κ3) is 3.08. The molecule has 1 fully saturated rings. The number of rotatable bonds is 4. The van der Waals surface area contributed by atoms with Crippen molar-refractivity contribution in [2.45, 2.75) is 19.4 Å². The third-order valence-corrected chi connectivity index (χ3v) is 3.75. The Labute approximate surface area is 122 Å². The van der Waals surface area contributed by atoms with Crippen LogP contribution in [0.4, 0.5) is 5.69 Å². The normalized spacial score (nSPS) is 18.1. The lowest BCUT2D eigenvalue weighted by Gasteiger charge is -2.40. The van der Waals surface area contributed by atoms with Crippen molar-refractivity contribution in [2.24, 2.45) is 0 Å². The zero-order valence-electron chi connectivity index (χ0n) is 12.0. The topological polar surface area (TPSA) is 92.6 Å². The highest BCUT2D eigenvalue weighted by Gasteiger charge is 2.38. The van der Waals surface area contributed by atoms with Crippen LogP contribution in [0.25, 0.3) is 0 Å². The Morgan fingerprint density at radius 1 is 1.38 bits per heavy atom. The van der Waals surface area contributed by atoms with Crippen molar-refractivity contribution in [3.8, 4) is 0 Å². The first-order valence-electron chi connectivity index (χ1n) is 6.63. The number of carbonyl (C=O) groups is 2. The highest BCUT2D eigenvalue weighted by molar-refractivity contribution is 5.98. The average Bonchev–Trinajstić information content (AvgIpc) is 2.44. The van der Waals surface area contributed by atoms with Crippen molar-refractivity contribution in [3.63, 3.8) is 0 Å². The van der Waals surface area contributed by atoms with Crippen molar-refractivity contribution in [3.05, 3.63) is 39.9 Å². The van der Waals surface area contributed by atoms with Gasteiger partial charge in [-0.1, -0.05) is 0 Å². The largest absolute Gasteiger partial charge is 0.353 e. The van der Waals surface area contributed by atoms with E-state index in [-0.39, 0.29) is 23.9 Å². The van der Waals surface area contributed by atoms with E-state index in [0.29, 0.717) is 18.7 Å². The van der Waals surface area contributed by atoms with Crippen LogP contribution in [0.5, 0.6) is 0 Å². The number of hydrogen-bond acceptors (Lipinski definition) is 5. The van der Waals surface area contributed by atoms with Crippen LogP contribution in [0.2, 0.25) is 0 Å². The average molecular weight is 291 g/mol.